The van der Waals surface area contributed by atoms with Crippen LogP contribution < -0.4 is 0 Å². The number of carbonyl (C=O) groups is 1. The topological polar surface area (TPSA) is 104 Å². The molecule has 2 aromatic carbocycles. The molecule has 0 radical (unpaired) electrons. The van der Waals surface area contributed by atoms with Crippen LogP contribution in [-0.2, 0) is 17.6 Å². The number of carboxylic acid groups (broad SMARTS) is 1. The van der Waals surface area contributed by atoms with Crippen molar-refractivity contribution >= 4 is 46.0 Å². The number of nitro groups is 1. The highest BCUT2D eigenvalue weighted by Gasteiger charge is 2.36. The Balaban J connectivity index is 2.29. The average Bonchev–Trinajstić information content (AvgIpc) is 2.50. The lowest BCUT2D eigenvalue weighted by atomic mass is 9.98. The molecule has 0 fully saturated rings. The summed E-state index contributed by atoms with van der Waals surface area (Å²) < 4.78 is 12.7. The Morgan fingerprint density at radius 1 is 1.22 bits per heavy atom. The van der Waals surface area contributed by atoms with Gasteiger partial charge in [0.05, 0.1) is 26.6 Å². The summed E-state index contributed by atoms with van der Waals surface area (Å²) in [6, 6.07) is 5.12. The lowest BCUT2D eigenvalue weighted by Crippen LogP contribution is -2.19. The quantitative estimate of drug-likeness (QED) is 0.492. The molecule has 23 heavy (non-hydrogen) atoms. The van der Waals surface area contributed by atoms with Gasteiger partial charge in [-0.25, -0.2) is 4.79 Å². The number of non-ortho nitro benzene ring substituents is 1. The number of carboxylic acids is 1. The fourth-order valence-electron chi connectivity index (χ4n) is 2.48. The van der Waals surface area contributed by atoms with Crippen molar-refractivity contribution in [3.8, 4) is 0 Å². The van der Waals surface area contributed by atoms with Crippen LogP contribution in [0.25, 0.3) is 0 Å². The van der Waals surface area contributed by atoms with Crippen molar-refractivity contribution in [3.05, 3.63) is 61.1 Å². The molecule has 0 aliphatic carbocycles. The summed E-state index contributed by atoms with van der Waals surface area (Å²) >= 11 is 10.3. The van der Waals surface area contributed by atoms with E-state index in [1.165, 1.54) is 12.1 Å². The van der Waals surface area contributed by atoms with E-state index in [9.17, 15) is 24.6 Å². The van der Waals surface area contributed by atoms with Gasteiger partial charge in [0, 0.05) is 34.8 Å². The molecule has 2 aromatic rings. The van der Waals surface area contributed by atoms with Gasteiger partial charge in [0.2, 0.25) is 0 Å². The number of halogens is 2. The zero-order valence-electron chi connectivity index (χ0n) is 11.2. The van der Waals surface area contributed by atoms with Gasteiger partial charge in [0.1, 0.15) is 0 Å². The number of benzene rings is 2. The van der Waals surface area contributed by atoms with E-state index in [0.29, 0.717) is 10.5 Å². The van der Waals surface area contributed by atoms with Crippen molar-refractivity contribution in [1.29, 1.82) is 0 Å². The van der Waals surface area contributed by atoms with Crippen LogP contribution >= 0.6 is 23.2 Å². The molecule has 6 nitrogen and oxygen atoms in total. The van der Waals surface area contributed by atoms with Gasteiger partial charge in [0.15, 0.2) is 9.79 Å². The van der Waals surface area contributed by atoms with Crippen LogP contribution in [0.4, 0.5) is 5.69 Å². The summed E-state index contributed by atoms with van der Waals surface area (Å²) in [5.74, 6) is -1.33. The fraction of sp³-hybridized carbons (Fsp3) is 0.0714. The minimum atomic E-state index is -1.77. The van der Waals surface area contributed by atoms with Crippen LogP contribution in [0.3, 0.4) is 0 Å². The largest absolute Gasteiger partial charge is 0.606 e. The number of fused-ring (bicyclic) bond motifs is 2. The van der Waals surface area contributed by atoms with E-state index in [0.717, 1.165) is 12.1 Å². The third kappa shape index (κ3) is 2.55. The maximum Gasteiger partial charge on any atom is 0.336 e. The Morgan fingerprint density at radius 2 is 1.91 bits per heavy atom. The highest BCUT2D eigenvalue weighted by Crippen LogP contribution is 2.42. The van der Waals surface area contributed by atoms with Gasteiger partial charge in [-0.05, 0) is 12.1 Å². The lowest BCUT2D eigenvalue weighted by molar-refractivity contribution is -0.385. The molecule has 1 heterocycles. The number of hydrogen-bond acceptors (Lipinski definition) is 4. The summed E-state index contributed by atoms with van der Waals surface area (Å²) in [5, 5.41) is 20.8. The van der Waals surface area contributed by atoms with Crippen molar-refractivity contribution in [3.63, 3.8) is 0 Å². The normalized spacial score (nSPS) is 15.7. The number of hydrogen-bond donors (Lipinski definition) is 1. The number of nitro benzene ring substituents is 1. The van der Waals surface area contributed by atoms with E-state index >= 15 is 0 Å². The van der Waals surface area contributed by atoms with Gasteiger partial charge in [-0.1, -0.05) is 23.2 Å². The summed E-state index contributed by atoms with van der Waals surface area (Å²) in [5.41, 5.74) is 0.0432. The molecular weight excluding hydrogens is 365 g/mol. The van der Waals surface area contributed by atoms with Gasteiger partial charge < -0.3 is 9.66 Å². The van der Waals surface area contributed by atoms with Gasteiger partial charge in [-0.15, -0.1) is 0 Å². The second-order valence-corrected chi connectivity index (χ2v) is 7.02. The first-order valence-electron chi connectivity index (χ1n) is 6.24. The molecule has 1 atom stereocenters. The molecule has 1 aliphatic rings. The molecule has 3 rings (SSSR count). The summed E-state index contributed by atoms with van der Waals surface area (Å²) in [6.45, 7) is 0. The first-order chi connectivity index (χ1) is 10.8. The minimum Gasteiger partial charge on any atom is -0.606 e. The molecule has 0 bridgehead atoms. The van der Waals surface area contributed by atoms with Crippen LogP contribution in [0.2, 0.25) is 10.0 Å². The molecule has 9 heteroatoms. The van der Waals surface area contributed by atoms with E-state index in [1.54, 1.807) is 0 Å². The van der Waals surface area contributed by atoms with Crippen LogP contribution in [0, 0.1) is 10.1 Å². The smallest absolute Gasteiger partial charge is 0.336 e. The number of aromatic carboxylic acids is 1. The van der Waals surface area contributed by atoms with Crippen molar-refractivity contribution in [2.45, 2.75) is 16.2 Å². The van der Waals surface area contributed by atoms with Crippen LogP contribution in [0.5, 0.6) is 0 Å². The average molecular weight is 372 g/mol. The van der Waals surface area contributed by atoms with Crippen LogP contribution in [0.15, 0.2) is 34.1 Å². The molecule has 1 N–H and O–H groups in total. The maximum atomic E-state index is 12.7. The first kappa shape index (κ1) is 16.1. The van der Waals surface area contributed by atoms with Crippen LogP contribution in [-0.4, -0.2) is 20.6 Å². The van der Waals surface area contributed by atoms with Gasteiger partial charge in [0.25, 0.3) is 5.69 Å². The Bertz CT molecular complexity index is 871. The second-order valence-electron chi connectivity index (χ2n) is 4.82. The summed E-state index contributed by atoms with van der Waals surface area (Å²) in [4.78, 5) is 22.2. The predicted molar refractivity (Wildman–Crippen MR) is 84.0 cm³/mol. The van der Waals surface area contributed by atoms with Crippen molar-refractivity contribution in [1.82, 2.24) is 0 Å². The van der Waals surface area contributed by atoms with Crippen molar-refractivity contribution < 1.29 is 19.4 Å². The van der Waals surface area contributed by atoms with E-state index in [4.69, 9.17) is 23.2 Å². The third-order valence-electron chi connectivity index (χ3n) is 3.54. The first-order valence-corrected chi connectivity index (χ1v) is 8.15. The Hall–Kier alpha value is -1.80. The molecule has 0 saturated heterocycles. The Labute approximate surface area is 143 Å². The lowest BCUT2D eigenvalue weighted by Gasteiger charge is -2.23. The highest BCUT2D eigenvalue weighted by atomic mass is 35.5. The van der Waals surface area contributed by atoms with E-state index in [2.05, 4.69) is 0 Å². The minimum absolute atomic E-state index is 0.0927. The van der Waals surface area contributed by atoms with Gasteiger partial charge in [-0.2, -0.15) is 0 Å². The Kier molecular flexibility index (Phi) is 3.97. The summed E-state index contributed by atoms with van der Waals surface area (Å²) in [6.07, 6.45) is 0.0927. The molecular formula is C14H7Cl2NO5S. The van der Waals surface area contributed by atoms with Gasteiger partial charge >= 0.3 is 5.97 Å². The van der Waals surface area contributed by atoms with Crippen molar-refractivity contribution in [2.24, 2.45) is 0 Å². The molecule has 1 unspecified atom stereocenters. The third-order valence-corrected chi connectivity index (χ3v) is 5.93. The Morgan fingerprint density at radius 3 is 2.52 bits per heavy atom. The molecule has 1 aliphatic heterocycles. The molecule has 0 aromatic heterocycles. The standard InChI is InChI=1S/C14H7Cl2NO5S/c15-10-1-2-11-9(13(10)16)5-7-8(14(18)19)3-6(17(20)21)4-12(7)23(11)22/h1-4H,5H2,(H,18,19). The van der Waals surface area contributed by atoms with Crippen LogP contribution in [0.1, 0.15) is 21.5 Å². The zero-order chi connectivity index (χ0) is 16.9. The molecule has 0 saturated carbocycles. The molecule has 118 valence electrons. The zero-order valence-corrected chi connectivity index (χ0v) is 13.5. The van der Waals surface area contributed by atoms with E-state index in [-0.39, 0.29) is 32.5 Å². The summed E-state index contributed by atoms with van der Waals surface area (Å²) in [7, 11) is 0. The van der Waals surface area contributed by atoms with Gasteiger partial charge in [-0.3, -0.25) is 10.1 Å². The monoisotopic (exact) mass is 371 g/mol. The van der Waals surface area contributed by atoms with Crippen molar-refractivity contribution in [2.75, 3.05) is 0 Å². The molecule has 0 amide bonds. The number of nitrogens with zero attached hydrogens (tertiary/aromatic N) is 1. The SMILES string of the molecule is O=C(O)c1cc([N+](=O)[O-])cc2c1Cc1c(ccc(Cl)c1Cl)[S+]2[O-]. The van der Waals surface area contributed by atoms with E-state index in [1.807, 2.05) is 0 Å². The maximum absolute atomic E-state index is 12.7. The van der Waals surface area contributed by atoms with E-state index < -0.39 is 27.8 Å². The molecule has 0 spiro atoms. The highest BCUT2D eigenvalue weighted by molar-refractivity contribution is 7.91. The fourth-order valence-corrected chi connectivity index (χ4v) is 4.41. The second kappa shape index (κ2) is 5.68. The predicted octanol–water partition coefficient (Wildman–Crippen LogP) is 3.67. The number of rotatable bonds is 2.